The fourth-order valence-corrected chi connectivity index (χ4v) is 3.67. The number of hydrogen-bond acceptors (Lipinski definition) is 5. The molecule has 2 aromatic heterocycles. The maximum atomic E-state index is 13.5. The summed E-state index contributed by atoms with van der Waals surface area (Å²) in [5.41, 5.74) is 7.18. The highest BCUT2D eigenvalue weighted by Crippen LogP contribution is 2.31. The third kappa shape index (κ3) is 4.04. The maximum Gasteiger partial charge on any atom is 0.265 e. The Bertz CT molecular complexity index is 1020. The predicted molar refractivity (Wildman–Crippen MR) is 106 cm³/mol. The Balaban J connectivity index is 1.60. The van der Waals surface area contributed by atoms with Gasteiger partial charge in [0.05, 0.1) is 11.9 Å². The molecule has 0 saturated heterocycles. The minimum absolute atomic E-state index is 0.0152. The number of fused-ring (bicyclic) bond motifs is 1. The zero-order chi connectivity index (χ0) is 20.4. The van der Waals surface area contributed by atoms with Crippen molar-refractivity contribution >= 4 is 22.9 Å². The van der Waals surface area contributed by atoms with Crippen LogP contribution < -0.4 is 16.4 Å². The zero-order valence-corrected chi connectivity index (χ0v) is 15.7. The molecule has 152 valence electrons. The SMILES string of the molecule is N[C@H]1CCCC[C@H]1Nc1ccc(C(F)F)c(NC(=O)c2cnn3cccnc23)c1. The molecule has 0 radical (unpaired) electrons. The molecule has 29 heavy (non-hydrogen) atoms. The number of alkyl halides is 2. The van der Waals surface area contributed by atoms with E-state index in [-0.39, 0.29) is 28.9 Å². The highest BCUT2D eigenvalue weighted by atomic mass is 19.3. The van der Waals surface area contributed by atoms with Crippen LogP contribution in [0.1, 0.15) is 48.0 Å². The summed E-state index contributed by atoms with van der Waals surface area (Å²) in [7, 11) is 0. The van der Waals surface area contributed by atoms with Gasteiger partial charge in [0.2, 0.25) is 0 Å². The highest BCUT2D eigenvalue weighted by molar-refractivity contribution is 6.08. The quantitative estimate of drug-likeness (QED) is 0.608. The maximum absolute atomic E-state index is 13.5. The Hall–Kier alpha value is -3.07. The molecule has 4 N–H and O–H groups in total. The fraction of sp³-hybridized carbons (Fsp3) is 0.350. The lowest BCUT2D eigenvalue weighted by atomic mass is 9.91. The molecular formula is C20H22F2N6O. The van der Waals surface area contributed by atoms with Crippen LogP contribution in [-0.4, -0.2) is 32.6 Å². The average molecular weight is 400 g/mol. The summed E-state index contributed by atoms with van der Waals surface area (Å²) in [6, 6.07) is 6.22. The number of amides is 1. The van der Waals surface area contributed by atoms with Gasteiger partial charge in [0.25, 0.3) is 12.3 Å². The molecule has 1 aliphatic rings. The van der Waals surface area contributed by atoms with Gasteiger partial charge in [-0.3, -0.25) is 4.79 Å². The first-order valence-corrected chi connectivity index (χ1v) is 9.57. The Kier molecular flexibility index (Phi) is 5.39. The molecule has 2 atom stereocenters. The molecule has 1 aromatic carbocycles. The van der Waals surface area contributed by atoms with E-state index in [4.69, 9.17) is 5.73 Å². The molecule has 1 fully saturated rings. The van der Waals surface area contributed by atoms with Crippen molar-refractivity contribution in [2.24, 2.45) is 5.73 Å². The zero-order valence-electron chi connectivity index (χ0n) is 15.7. The molecule has 7 nitrogen and oxygen atoms in total. The summed E-state index contributed by atoms with van der Waals surface area (Å²) in [5, 5.41) is 9.98. The van der Waals surface area contributed by atoms with Crippen LogP contribution in [0.3, 0.4) is 0 Å². The molecule has 0 aliphatic heterocycles. The van der Waals surface area contributed by atoms with Crippen molar-refractivity contribution in [3.63, 3.8) is 0 Å². The number of benzene rings is 1. The van der Waals surface area contributed by atoms with Gasteiger partial charge in [0, 0.05) is 35.7 Å². The van der Waals surface area contributed by atoms with Gasteiger partial charge in [-0.05, 0) is 37.1 Å². The number of carbonyl (C=O) groups excluding carboxylic acids is 1. The lowest BCUT2D eigenvalue weighted by molar-refractivity contribution is 0.102. The van der Waals surface area contributed by atoms with Crippen LogP contribution in [0.15, 0.2) is 42.9 Å². The number of halogens is 2. The predicted octanol–water partition coefficient (Wildman–Crippen LogP) is 3.60. The second-order valence-corrected chi connectivity index (χ2v) is 7.20. The van der Waals surface area contributed by atoms with Crippen LogP contribution in [0.2, 0.25) is 0 Å². The van der Waals surface area contributed by atoms with E-state index in [0.717, 1.165) is 25.7 Å². The Morgan fingerprint density at radius 2 is 2.10 bits per heavy atom. The second-order valence-electron chi connectivity index (χ2n) is 7.20. The molecule has 1 aliphatic carbocycles. The average Bonchev–Trinajstić information content (AvgIpc) is 3.14. The number of hydrogen-bond donors (Lipinski definition) is 3. The van der Waals surface area contributed by atoms with Crippen LogP contribution >= 0.6 is 0 Å². The first-order valence-electron chi connectivity index (χ1n) is 9.57. The standard InChI is InChI=1S/C20H22F2N6O/c21-18(22)13-7-6-12(26-16-5-2-1-4-15(16)23)10-17(13)27-20(29)14-11-25-28-9-3-8-24-19(14)28/h3,6-11,15-16,18,26H,1-2,4-5,23H2,(H,27,29)/t15-,16+/m0/s1. The number of anilines is 2. The Labute approximate surface area is 166 Å². The summed E-state index contributed by atoms with van der Waals surface area (Å²) >= 11 is 0. The third-order valence-corrected chi connectivity index (χ3v) is 5.23. The summed E-state index contributed by atoms with van der Waals surface area (Å²) in [5.74, 6) is -0.549. The lowest BCUT2D eigenvalue weighted by Gasteiger charge is -2.30. The fourth-order valence-electron chi connectivity index (χ4n) is 3.67. The van der Waals surface area contributed by atoms with Crippen molar-refractivity contribution in [3.05, 3.63) is 54.0 Å². The van der Waals surface area contributed by atoms with Gasteiger partial charge >= 0.3 is 0 Å². The molecular weight excluding hydrogens is 378 g/mol. The number of nitrogens with one attached hydrogen (secondary N) is 2. The van der Waals surface area contributed by atoms with Crippen LogP contribution in [-0.2, 0) is 0 Å². The van der Waals surface area contributed by atoms with E-state index in [9.17, 15) is 13.6 Å². The number of carbonyl (C=O) groups is 1. The monoisotopic (exact) mass is 400 g/mol. The largest absolute Gasteiger partial charge is 0.381 e. The van der Waals surface area contributed by atoms with Gasteiger partial charge in [0.1, 0.15) is 5.56 Å². The van der Waals surface area contributed by atoms with E-state index in [0.29, 0.717) is 11.3 Å². The van der Waals surface area contributed by atoms with Crippen LogP contribution in [0.25, 0.3) is 5.65 Å². The molecule has 4 rings (SSSR count). The Morgan fingerprint density at radius 1 is 1.28 bits per heavy atom. The smallest absolute Gasteiger partial charge is 0.265 e. The van der Waals surface area contributed by atoms with E-state index < -0.39 is 12.3 Å². The van der Waals surface area contributed by atoms with Crippen molar-refractivity contribution in [2.75, 3.05) is 10.6 Å². The van der Waals surface area contributed by atoms with Crippen molar-refractivity contribution in [2.45, 2.75) is 44.2 Å². The molecule has 3 aromatic rings. The number of nitrogens with zero attached hydrogens (tertiary/aromatic N) is 3. The van der Waals surface area contributed by atoms with Gasteiger partial charge in [-0.15, -0.1) is 0 Å². The third-order valence-electron chi connectivity index (χ3n) is 5.23. The van der Waals surface area contributed by atoms with E-state index >= 15 is 0 Å². The topological polar surface area (TPSA) is 97.3 Å². The molecule has 0 spiro atoms. The van der Waals surface area contributed by atoms with Gasteiger partial charge < -0.3 is 16.4 Å². The number of aromatic nitrogens is 3. The second kappa shape index (κ2) is 8.12. The summed E-state index contributed by atoms with van der Waals surface area (Å²) < 4.78 is 28.5. The van der Waals surface area contributed by atoms with Crippen molar-refractivity contribution < 1.29 is 13.6 Å². The lowest BCUT2D eigenvalue weighted by Crippen LogP contribution is -2.42. The van der Waals surface area contributed by atoms with Gasteiger partial charge in [-0.2, -0.15) is 5.10 Å². The molecule has 9 heteroatoms. The molecule has 1 amide bonds. The first kappa shape index (κ1) is 19.3. The van der Waals surface area contributed by atoms with Crippen molar-refractivity contribution in [1.29, 1.82) is 0 Å². The summed E-state index contributed by atoms with van der Waals surface area (Å²) in [6.45, 7) is 0. The number of nitrogens with two attached hydrogens (primary N) is 1. The van der Waals surface area contributed by atoms with Crippen LogP contribution in [0, 0.1) is 0 Å². The van der Waals surface area contributed by atoms with E-state index in [1.165, 1.54) is 29.0 Å². The normalized spacial score (nSPS) is 19.4. The Morgan fingerprint density at radius 3 is 2.90 bits per heavy atom. The van der Waals surface area contributed by atoms with E-state index in [2.05, 4.69) is 20.7 Å². The first-order chi connectivity index (χ1) is 14.0. The summed E-state index contributed by atoms with van der Waals surface area (Å²) in [6.07, 6.45) is 5.86. The van der Waals surface area contributed by atoms with Crippen LogP contribution in [0.5, 0.6) is 0 Å². The molecule has 0 unspecified atom stereocenters. The molecule has 0 bridgehead atoms. The number of rotatable bonds is 5. The van der Waals surface area contributed by atoms with Crippen molar-refractivity contribution in [1.82, 2.24) is 14.6 Å². The van der Waals surface area contributed by atoms with Gasteiger partial charge in [-0.25, -0.2) is 18.3 Å². The minimum Gasteiger partial charge on any atom is -0.381 e. The molecule has 1 saturated carbocycles. The van der Waals surface area contributed by atoms with Crippen molar-refractivity contribution in [3.8, 4) is 0 Å². The molecule has 2 heterocycles. The van der Waals surface area contributed by atoms with E-state index in [1.807, 2.05) is 0 Å². The van der Waals surface area contributed by atoms with Gasteiger partial charge in [-0.1, -0.05) is 12.8 Å². The van der Waals surface area contributed by atoms with E-state index in [1.54, 1.807) is 18.3 Å². The highest BCUT2D eigenvalue weighted by Gasteiger charge is 2.23. The van der Waals surface area contributed by atoms with Gasteiger partial charge in [0.15, 0.2) is 5.65 Å². The van der Waals surface area contributed by atoms with Crippen LogP contribution in [0.4, 0.5) is 20.2 Å². The summed E-state index contributed by atoms with van der Waals surface area (Å²) in [4.78, 5) is 16.9. The minimum atomic E-state index is -2.72.